The van der Waals surface area contributed by atoms with E-state index in [2.05, 4.69) is 26.5 Å². The molecule has 4 rings (SSSR count). The molecule has 1 N–H and O–H groups in total. The molecule has 1 atom stereocenters. The molecule has 0 aliphatic carbocycles. The third kappa shape index (κ3) is 6.39. The number of fused-ring (bicyclic) bond motifs is 1. The van der Waals surface area contributed by atoms with Crippen molar-refractivity contribution in [2.45, 2.75) is 26.4 Å². The third-order valence-electron chi connectivity index (χ3n) is 5.83. The number of nitrogens with one attached hydrogen (secondary N) is 1. The van der Waals surface area contributed by atoms with Crippen LogP contribution in [0.2, 0.25) is 0 Å². The topological polar surface area (TPSA) is 86.2 Å². The normalized spacial score (nSPS) is 11.8. The number of halogens is 1. The zero-order chi connectivity index (χ0) is 27.1. The van der Waals surface area contributed by atoms with Crippen LogP contribution >= 0.6 is 15.9 Å². The molecule has 8 heteroatoms. The van der Waals surface area contributed by atoms with Crippen LogP contribution in [-0.2, 0) is 4.79 Å². The number of carbonyl (C=O) groups is 2. The van der Waals surface area contributed by atoms with Gasteiger partial charge in [0.1, 0.15) is 5.75 Å². The number of methoxy groups -OCH3 is 1. The second-order valence-electron chi connectivity index (χ2n) is 8.51. The van der Waals surface area contributed by atoms with Gasteiger partial charge in [0.15, 0.2) is 17.6 Å². The van der Waals surface area contributed by atoms with Crippen molar-refractivity contribution < 1.29 is 23.8 Å². The largest absolute Gasteiger partial charge is 0.493 e. The molecule has 7 nitrogen and oxygen atoms in total. The quantitative estimate of drug-likeness (QED) is 0.107. The van der Waals surface area contributed by atoms with Crippen molar-refractivity contribution in [3.63, 3.8) is 0 Å². The number of benzene rings is 4. The molecule has 194 valence electrons. The maximum atomic E-state index is 12.8. The van der Waals surface area contributed by atoms with Gasteiger partial charge in [-0.1, -0.05) is 55.0 Å². The molecule has 0 saturated carbocycles. The van der Waals surface area contributed by atoms with Crippen LogP contribution in [0, 0.1) is 6.92 Å². The fourth-order valence-electron chi connectivity index (χ4n) is 3.72. The number of hydrogen-bond acceptors (Lipinski definition) is 6. The zero-order valence-corrected chi connectivity index (χ0v) is 22.8. The minimum absolute atomic E-state index is 0.277. The number of rotatable bonds is 9. The summed E-state index contributed by atoms with van der Waals surface area (Å²) in [5, 5.41) is 6.14. The van der Waals surface area contributed by atoms with E-state index < -0.39 is 12.1 Å². The maximum Gasteiger partial charge on any atom is 0.343 e. The highest BCUT2D eigenvalue weighted by Gasteiger charge is 2.20. The average Bonchev–Trinajstić information content (AvgIpc) is 2.93. The molecular formula is C30H27BrN2O5. The number of hydrogen-bond donors (Lipinski definition) is 1. The Balaban J connectivity index is 1.39. The molecule has 38 heavy (non-hydrogen) atoms. The van der Waals surface area contributed by atoms with Crippen LogP contribution in [-0.4, -0.2) is 31.3 Å². The molecule has 0 spiro atoms. The summed E-state index contributed by atoms with van der Waals surface area (Å²) in [5.74, 6) is 0.353. The second kappa shape index (κ2) is 12.4. The Hall–Kier alpha value is -4.17. The fourth-order valence-corrected chi connectivity index (χ4v) is 4.31. The summed E-state index contributed by atoms with van der Waals surface area (Å²) in [6.45, 7) is 3.81. The van der Waals surface area contributed by atoms with Gasteiger partial charge in [0.25, 0.3) is 5.91 Å². The third-order valence-corrected chi connectivity index (χ3v) is 6.64. The molecule has 1 amide bonds. The summed E-state index contributed by atoms with van der Waals surface area (Å²) >= 11 is 3.59. The smallest absolute Gasteiger partial charge is 0.343 e. The summed E-state index contributed by atoms with van der Waals surface area (Å²) in [6.07, 6.45) is 1.20. The Morgan fingerprint density at radius 1 is 0.974 bits per heavy atom. The molecule has 0 aliphatic rings. The van der Waals surface area contributed by atoms with Gasteiger partial charge in [0.2, 0.25) is 0 Å². The van der Waals surface area contributed by atoms with Gasteiger partial charge >= 0.3 is 5.97 Å². The lowest BCUT2D eigenvalue weighted by molar-refractivity contribution is -0.128. The molecule has 0 aromatic heterocycles. The molecule has 0 bridgehead atoms. The van der Waals surface area contributed by atoms with E-state index in [4.69, 9.17) is 14.2 Å². The minimum atomic E-state index is -0.734. The standard InChI is InChI=1S/C30H27BrN2O5/c1-4-24(37-26-16-14-21-7-5-6-8-23(21)28(26)31)29(34)33-32-18-20-11-15-25(27(17-20)36-3)38-30(35)22-12-9-19(2)10-13-22/h5-18,24H,4H2,1-3H3,(H,33,34)/b32-18-/t24-/m0/s1. The van der Waals surface area contributed by atoms with Gasteiger partial charge in [0, 0.05) is 0 Å². The summed E-state index contributed by atoms with van der Waals surface area (Å²) in [6, 6.07) is 23.8. The predicted molar refractivity (Wildman–Crippen MR) is 151 cm³/mol. The van der Waals surface area contributed by atoms with Crippen molar-refractivity contribution in [2.75, 3.05) is 7.11 Å². The Kier molecular flexibility index (Phi) is 8.76. The second-order valence-corrected chi connectivity index (χ2v) is 9.31. The van der Waals surface area contributed by atoms with Crippen molar-refractivity contribution in [3.8, 4) is 17.2 Å². The Morgan fingerprint density at radius 2 is 1.71 bits per heavy atom. The number of hydrazone groups is 1. The summed E-state index contributed by atoms with van der Waals surface area (Å²) in [5.41, 5.74) is 4.66. The molecule has 0 fully saturated rings. The Bertz CT molecular complexity index is 1480. The summed E-state index contributed by atoms with van der Waals surface area (Å²) < 4.78 is 17.7. The van der Waals surface area contributed by atoms with Crippen LogP contribution in [0.5, 0.6) is 17.2 Å². The Morgan fingerprint density at radius 3 is 2.45 bits per heavy atom. The first-order valence-corrected chi connectivity index (χ1v) is 12.8. The highest BCUT2D eigenvalue weighted by molar-refractivity contribution is 9.10. The van der Waals surface area contributed by atoms with E-state index in [1.807, 2.05) is 62.4 Å². The van der Waals surface area contributed by atoms with Crippen molar-refractivity contribution in [2.24, 2.45) is 5.10 Å². The van der Waals surface area contributed by atoms with Crippen LogP contribution in [0.3, 0.4) is 0 Å². The maximum absolute atomic E-state index is 12.8. The molecule has 4 aromatic carbocycles. The molecule has 0 saturated heterocycles. The van der Waals surface area contributed by atoms with Crippen molar-refractivity contribution in [1.82, 2.24) is 5.43 Å². The van der Waals surface area contributed by atoms with E-state index in [1.165, 1.54) is 13.3 Å². The van der Waals surface area contributed by atoms with Crippen molar-refractivity contribution in [3.05, 3.63) is 100 Å². The molecule has 0 radical (unpaired) electrons. The first kappa shape index (κ1) is 26.9. The minimum Gasteiger partial charge on any atom is -0.493 e. The number of esters is 1. The lowest BCUT2D eigenvalue weighted by atomic mass is 10.1. The van der Waals surface area contributed by atoms with Gasteiger partial charge in [-0.05, 0) is 82.0 Å². The monoisotopic (exact) mass is 574 g/mol. The number of carbonyl (C=O) groups excluding carboxylic acids is 2. The van der Waals surface area contributed by atoms with E-state index >= 15 is 0 Å². The highest BCUT2D eigenvalue weighted by atomic mass is 79.9. The molecule has 0 unspecified atom stereocenters. The van der Waals surface area contributed by atoms with E-state index in [0.29, 0.717) is 29.0 Å². The van der Waals surface area contributed by atoms with E-state index in [0.717, 1.165) is 20.8 Å². The van der Waals surface area contributed by atoms with Crippen molar-refractivity contribution in [1.29, 1.82) is 0 Å². The van der Waals surface area contributed by atoms with Gasteiger partial charge in [-0.3, -0.25) is 4.79 Å². The number of nitrogens with zero attached hydrogens (tertiary/aromatic N) is 1. The number of ether oxygens (including phenoxy) is 3. The summed E-state index contributed by atoms with van der Waals surface area (Å²) in [7, 11) is 1.48. The molecule has 4 aromatic rings. The van der Waals surface area contributed by atoms with Crippen molar-refractivity contribution >= 4 is 44.8 Å². The molecule has 0 heterocycles. The molecular weight excluding hydrogens is 548 g/mol. The van der Waals surface area contributed by atoms with Gasteiger partial charge in [-0.25, -0.2) is 10.2 Å². The van der Waals surface area contributed by atoms with E-state index in [9.17, 15) is 9.59 Å². The summed E-state index contributed by atoms with van der Waals surface area (Å²) in [4.78, 5) is 25.2. The predicted octanol–water partition coefficient (Wildman–Crippen LogP) is 6.45. The van der Waals surface area contributed by atoms with Gasteiger partial charge < -0.3 is 14.2 Å². The lowest BCUT2D eigenvalue weighted by Crippen LogP contribution is -2.35. The van der Waals surface area contributed by atoms with E-state index in [-0.39, 0.29) is 11.7 Å². The van der Waals surface area contributed by atoms with Gasteiger partial charge in [-0.15, -0.1) is 0 Å². The van der Waals surface area contributed by atoms with Gasteiger partial charge in [-0.2, -0.15) is 5.10 Å². The van der Waals surface area contributed by atoms with Crippen LogP contribution < -0.4 is 19.6 Å². The molecule has 0 aliphatic heterocycles. The first-order chi connectivity index (χ1) is 18.4. The fraction of sp³-hybridized carbons (Fsp3) is 0.167. The van der Waals surface area contributed by atoms with E-state index in [1.54, 1.807) is 30.3 Å². The average molecular weight is 575 g/mol. The zero-order valence-electron chi connectivity index (χ0n) is 21.2. The highest BCUT2D eigenvalue weighted by Crippen LogP contribution is 2.34. The SMILES string of the molecule is CC[C@H](Oc1ccc2ccccc2c1Br)C(=O)N/N=C\c1ccc(OC(=O)c2ccc(C)cc2)c(OC)c1. The van der Waals surface area contributed by atoms with Crippen LogP contribution in [0.1, 0.15) is 34.8 Å². The Labute approximate surface area is 229 Å². The number of amides is 1. The van der Waals surface area contributed by atoms with Crippen LogP contribution in [0.15, 0.2) is 88.4 Å². The van der Waals surface area contributed by atoms with Crippen LogP contribution in [0.25, 0.3) is 10.8 Å². The first-order valence-electron chi connectivity index (χ1n) is 12.0. The number of aryl methyl sites for hydroxylation is 1. The van der Waals surface area contributed by atoms with Crippen LogP contribution in [0.4, 0.5) is 0 Å². The van der Waals surface area contributed by atoms with Gasteiger partial charge in [0.05, 0.1) is 23.4 Å². The lowest BCUT2D eigenvalue weighted by Gasteiger charge is -2.17.